The molecule has 0 amide bonds. The number of alkyl halides is 1. The molecule has 0 saturated heterocycles. The first kappa shape index (κ1) is 14.7. The molecule has 2 rings (SSSR count). The smallest absolute Gasteiger partial charge is 0.120 e. The molecular weight excluding hydrogens is 423 g/mol. The summed E-state index contributed by atoms with van der Waals surface area (Å²) in [6.07, 6.45) is 0. The van der Waals surface area contributed by atoms with Crippen LogP contribution in [-0.2, 0) is 0 Å². The molecule has 1 aromatic heterocycles. The minimum atomic E-state index is -0.00553. The Morgan fingerprint density at radius 2 is 1.94 bits per heavy atom. The van der Waals surface area contributed by atoms with Crippen molar-refractivity contribution < 1.29 is 4.74 Å². The number of benzene rings is 1. The first-order valence-corrected chi connectivity index (χ1v) is 8.23. The zero-order chi connectivity index (χ0) is 13.3. The van der Waals surface area contributed by atoms with Crippen LogP contribution in [0.2, 0.25) is 8.67 Å². The molecule has 18 heavy (non-hydrogen) atoms. The molecule has 0 N–H and O–H groups in total. The second kappa shape index (κ2) is 6.14. The van der Waals surface area contributed by atoms with Gasteiger partial charge in [0, 0.05) is 10.0 Å². The normalized spacial score (nSPS) is 12.5. The highest BCUT2D eigenvalue weighted by atomic mass is 79.9. The van der Waals surface area contributed by atoms with E-state index in [-0.39, 0.29) is 4.83 Å². The number of methoxy groups -OCH3 is 1. The molecule has 0 spiro atoms. The third-order valence-corrected chi connectivity index (χ3v) is 5.63. The molecule has 1 unspecified atom stereocenters. The number of ether oxygens (including phenoxy) is 1. The van der Waals surface area contributed by atoms with Gasteiger partial charge in [-0.2, -0.15) is 0 Å². The summed E-state index contributed by atoms with van der Waals surface area (Å²) < 4.78 is 7.52. The van der Waals surface area contributed by atoms with E-state index >= 15 is 0 Å². The van der Waals surface area contributed by atoms with E-state index in [1.54, 1.807) is 7.11 Å². The Morgan fingerprint density at radius 3 is 2.44 bits per heavy atom. The molecular formula is C12H8Br2Cl2OS. The van der Waals surface area contributed by atoms with E-state index in [0.717, 1.165) is 21.3 Å². The number of hydrogen-bond donors (Lipinski definition) is 0. The van der Waals surface area contributed by atoms with Crippen LogP contribution in [0.5, 0.6) is 5.75 Å². The van der Waals surface area contributed by atoms with Gasteiger partial charge in [0.25, 0.3) is 0 Å². The SMILES string of the molecule is COc1ccc(C(Br)c2cc(Cl)sc2Cl)c(Br)c1. The quantitative estimate of drug-likeness (QED) is 0.518. The second-order valence-corrected chi connectivity index (χ2v) is 7.59. The summed E-state index contributed by atoms with van der Waals surface area (Å²) in [5, 5.41) is 0. The van der Waals surface area contributed by atoms with E-state index in [1.807, 2.05) is 24.3 Å². The van der Waals surface area contributed by atoms with Crippen molar-refractivity contribution in [2.24, 2.45) is 0 Å². The Labute approximate surface area is 136 Å². The molecule has 2 aromatic rings. The summed E-state index contributed by atoms with van der Waals surface area (Å²) in [7, 11) is 1.64. The summed E-state index contributed by atoms with van der Waals surface area (Å²) in [5.74, 6) is 0.805. The van der Waals surface area contributed by atoms with E-state index in [4.69, 9.17) is 27.9 Å². The first-order chi connectivity index (χ1) is 8.52. The van der Waals surface area contributed by atoms with E-state index in [0.29, 0.717) is 8.67 Å². The lowest BCUT2D eigenvalue weighted by Gasteiger charge is -2.12. The fourth-order valence-corrected chi connectivity index (χ4v) is 5.00. The highest BCUT2D eigenvalue weighted by Crippen LogP contribution is 2.43. The summed E-state index contributed by atoms with van der Waals surface area (Å²) in [6.45, 7) is 0. The molecule has 1 atom stereocenters. The lowest BCUT2D eigenvalue weighted by atomic mass is 10.1. The number of hydrogen-bond acceptors (Lipinski definition) is 2. The molecule has 0 fully saturated rings. The Hall–Kier alpha value is 0.260. The van der Waals surface area contributed by atoms with Crippen LogP contribution >= 0.6 is 66.4 Å². The average molecular weight is 431 g/mol. The van der Waals surface area contributed by atoms with Gasteiger partial charge in [0.1, 0.15) is 5.75 Å². The van der Waals surface area contributed by atoms with Crippen LogP contribution in [0.4, 0.5) is 0 Å². The zero-order valence-corrected chi connectivity index (χ0v) is 14.7. The molecule has 1 aromatic carbocycles. The monoisotopic (exact) mass is 428 g/mol. The summed E-state index contributed by atoms with van der Waals surface area (Å²) in [5.41, 5.74) is 2.05. The van der Waals surface area contributed by atoms with Gasteiger partial charge in [-0.25, -0.2) is 0 Å². The van der Waals surface area contributed by atoms with Crippen molar-refractivity contribution in [3.8, 4) is 5.75 Å². The molecule has 1 heterocycles. The lowest BCUT2D eigenvalue weighted by Crippen LogP contribution is -1.94. The van der Waals surface area contributed by atoms with E-state index in [9.17, 15) is 0 Å². The molecule has 0 aliphatic rings. The van der Waals surface area contributed by atoms with Crippen molar-refractivity contribution in [2.75, 3.05) is 7.11 Å². The van der Waals surface area contributed by atoms with Crippen LogP contribution in [0, 0.1) is 0 Å². The molecule has 0 aliphatic heterocycles. The first-order valence-electron chi connectivity index (χ1n) is 4.95. The highest BCUT2D eigenvalue weighted by molar-refractivity contribution is 9.11. The molecule has 0 saturated carbocycles. The third kappa shape index (κ3) is 3.05. The predicted molar refractivity (Wildman–Crippen MR) is 85.8 cm³/mol. The lowest BCUT2D eigenvalue weighted by molar-refractivity contribution is 0.414. The van der Waals surface area contributed by atoms with Gasteiger partial charge in [-0.3, -0.25) is 0 Å². The number of halogens is 4. The number of rotatable bonds is 3. The Balaban J connectivity index is 2.39. The minimum Gasteiger partial charge on any atom is -0.497 e. The average Bonchev–Trinajstić information content (AvgIpc) is 2.67. The summed E-state index contributed by atoms with van der Waals surface area (Å²) in [6, 6.07) is 7.70. The molecule has 96 valence electrons. The largest absolute Gasteiger partial charge is 0.497 e. The van der Waals surface area contributed by atoms with Gasteiger partial charge in [0.2, 0.25) is 0 Å². The fourth-order valence-electron chi connectivity index (χ4n) is 1.53. The van der Waals surface area contributed by atoms with Gasteiger partial charge in [-0.05, 0) is 23.8 Å². The van der Waals surface area contributed by atoms with Gasteiger partial charge in [-0.1, -0.05) is 61.1 Å². The molecule has 1 nitrogen and oxygen atoms in total. The van der Waals surface area contributed by atoms with Crippen LogP contribution in [0.3, 0.4) is 0 Å². The maximum Gasteiger partial charge on any atom is 0.120 e. The van der Waals surface area contributed by atoms with Crippen molar-refractivity contribution >= 4 is 66.4 Å². The molecule has 6 heteroatoms. The van der Waals surface area contributed by atoms with E-state index in [2.05, 4.69) is 31.9 Å². The Bertz CT molecular complexity index is 571. The predicted octanol–water partition coefficient (Wildman–Crippen LogP) is 6.31. The maximum atomic E-state index is 6.16. The molecule has 0 bridgehead atoms. The van der Waals surface area contributed by atoms with Gasteiger partial charge >= 0.3 is 0 Å². The highest BCUT2D eigenvalue weighted by Gasteiger charge is 2.19. The topological polar surface area (TPSA) is 9.23 Å². The van der Waals surface area contributed by atoms with E-state index < -0.39 is 0 Å². The van der Waals surface area contributed by atoms with Crippen LogP contribution in [0.25, 0.3) is 0 Å². The Kier molecular flexibility index (Phi) is 5.00. The second-order valence-electron chi connectivity index (χ2n) is 3.53. The maximum absolute atomic E-state index is 6.16. The standard InChI is InChI=1S/C12H8Br2Cl2OS/c1-17-6-2-3-7(9(13)4-6)11(14)8-5-10(15)18-12(8)16/h2-5,11H,1H3. The van der Waals surface area contributed by atoms with Gasteiger partial charge in [-0.15, -0.1) is 11.3 Å². The van der Waals surface area contributed by atoms with Crippen LogP contribution in [0.1, 0.15) is 16.0 Å². The van der Waals surface area contributed by atoms with Crippen LogP contribution < -0.4 is 4.74 Å². The van der Waals surface area contributed by atoms with Gasteiger partial charge in [0.15, 0.2) is 0 Å². The van der Waals surface area contributed by atoms with Gasteiger partial charge < -0.3 is 4.74 Å². The van der Waals surface area contributed by atoms with Crippen molar-refractivity contribution in [1.29, 1.82) is 0 Å². The van der Waals surface area contributed by atoms with Crippen LogP contribution in [0.15, 0.2) is 28.7 Å². The van der Waals surface area contributed by atoms with Gasteiger partial charge in [0.05, 0.1) is 20.6 Å². The minimum absolute atomic E-state index is 0.00553. The summed E-state index contributed by atoms with van der Waals surface area (Å²) in [4.78, 5) is -0.00553. The summed E-state index contributed by atoms with van der Waals surface area (Å²) >= 11 is 20.7. The van der Waals surface area contributed by atoms with Crippen molar-refractivity contribution in [2.45, 2.75) is 4.83 Å². The number of thiophene rings is 1. The Morgan fingerprint density at radius 1 is 1.22 bits per heavy atom. The molecule has 0 aliphatic carbocycles. The fraction of sp³-hybridized carbons (Fsp3) is 0.167. The third-order valence-electron chi connectivity index (χ3n) is 2.44. The molecule has 0 radical (unpaired) electrons. The zero-order valence-electron chi connectivity index (χ0n) is 9.22. The van der Waals surface area contributed by atoms with Crippen molar-refractivity contribution in [3.05, 3.63) is 48.5 Å². The van der Waals surface area contributed by atoms with E-state index in [1.165, 1.54) is 11.3 Å². The van der Waals surface area contributed by atoms with Crippen molar-refractivity contribution in [1.82, 2.24) is 0 Å². The van der Waals surface area contributed by atoms with Crippen molar-refractivity contribution in [3.63, 3.8) is 0 Å². The van der Waals surface area contributed by atoms with Crippen LogP contribution in [-0.4, -0.2) is 7.11 Å².